The van der Waals surface area contributed by atoms with E-state index in [0.29, 0.717) is 31.4 Å². The number of sulfone groups is 1. The molecule has 0 bridgehead atoms. The first-order chi connectivity index (χ1) is 20.4. The quantitative estimate of drug-likeness (QED) is 0.237. The molecule has 0 saturated carbocycles. The third kappa shape index (κ3) is 8.54. The van der Waals surface area contributed by atoms with Crippen LogP contribution in [0.4, 0.5) is 27.6 Å². The normalized spacial score (nSPS) is 17.7. The van der Waals surface area contributed by atoms with Crippen molar-refractivity contribution in [1.82, 2.24) is 5.32 Å². The molecule has 1 N–H and O–H groups in total. The largest absolute Gasteiger partial charge is 0.416 e. The Bertz CT molecular complexity index is 1460. The number of carbonyl (C=O) groups is 1. The number of rotatable bonds is 11. The number of carbonyl (C=O) groups excluding carboxylic acids is 1. The molecular formula is C31H33F5N2O4S. The van der Waals surface area contributed by atoms with Gasteiger partial charge < -0.3 is 15.0 Å². The second kappa shape index (κ2) is 13.9. The van der Waals surface area contributed by atoms with Gasteiger partial charge in [0.25, 0.3) is 5.91 Å². The Morgan fingerprint density at radius 3 is 2.21 bits per heavy atom. The molecule has 3 aromatic carbocycles. The van der Waals surface area contributed by atoms with Gasteiger partial charge >= 0.3 is 12.8 Å². The van der Waals surface area contributed by atoms with Crippen LogP contribution in [0.2, 0.25) is 0 Å². The summed E-state index contributed by atoms with van der Waals surface area (Å²) in [4.78, 5) is 15.1. The molecule has 1 aliphatic rings. The topological polar surface area (TPSA) is 75.7 Å². The number of piperidine rings is 1. The summed E-state index contributed by atoms with van der Waals surface area (Å²) in [5.41, 5.74) is 1.92. The van der Waals surface area contributed by atoms with Gasteiger partial charge in [0, 0.05) is 36.3 Å². The zero-order valence-electron chi connectivity index (χ0n) is 23.5. The van der Waals surface area contributed by atoms with Gasteiger partial charge in [-0.05, 0) is 78.9 Å². The van der Waals surface area contributed by atoms with Gasteiger partial charge in [0.2, 0.25) is 0 Å². The molecule has 1 aliphatic heterocycles. The van der Waals surface area contributed by atoms with Crippen molar-refractivity contribution < 1.29 is 39.9 Å². The van der Waals surface area contributed by atoms with E-state index in [2.05, 4.69) is 10.1 Å². The number of halogens is 5. The van der Waals surface area contributed by atoms with E-state index in [0.717, 1.165) is 28.9 Å². The minimum Gasteiger partial charge on any atom is -0.368 e. The van der Waals surface area contributed by atoms with E-state index in [1.165, 1.54) is 24.3 Å². The molecule has 0 radical (unpaired) electrons. The molecular weight excluding hydrogens is 591 g/mol. The fourth-order valence-electron chi connectivity index (χ4n) is 5.22. The number of amides is 1. The highest BCUT2D eigenvalue weighted by Gasteiger charge is 2.32. The summed E-state index contributed by atoms with van der Waals surface area (Å²) < 4.78 is 92.8. The summed E-state index contributed by atoms with van der Waals surface area (Å²) in [6.07, 6.45) is -2.79. The van der Waals surface area contributed by atoms with Crippen molar-refractivity contribution in [2.45, 2.75) is 62.4 Å². The maximum atomic E-state index is 13.0. The van der Waals surface area contributed by atoms with Crippen LogP contribution in [0.25, 0.3) is 0 Å². The van der Waals surface area contributed by atoms with Gasteiger partial charge in [-0.15, -0.1) is 0 Å². The summed E-state index contributed by atoms with van der Waals surface area (Å²) in [6.45, 7) is -0.799. The third-order valence-electron chi connectivity index (χ3n) is 7.69. The van der Waals surface area contributed by atoms with E-state index in [4.69, 9.17) is 0 Å². The predicted octanol–water partition coefficient (Wildman–Crippen LogP) is 6.81. The Morgan fingerprint density at radius 2 is 1.63 bits per heavy atom. The van der Waals surface area contributed by atoms with Crippen LogP contribution in [0.1, 0.15) is 59.2 Å². The van der Waals surface area contributed by atoms with Crippen LogP contribution in [-0.4, -0.2) is 45.9 Å². The van der Waals surface area contributed by atoms with Gasteiger partial charge in [-0.2, -0.15) is 22.0 Å². The molecule has 0 spiro atoms. The van der Waals surface area contributed by atoms with Crippen LogP contribution in [-0.2, 0) is 27.3 Å². The monoisotopic (exact) mass is 624 g/mol. The fraction of sp³-hybridized carbons (Fsp3) is 0.387. The van der Waals surface area contributed by atoms with Crippen LogP contribution in [0.15, 0.2) is 77.7 Å². The maximum Gasteiger partial charge on any atom is 0.416 e. The Labute approximate surface area is 247 Å². The number of hydrogen-bond acceptors (Lipinski definition) is 5. The highest BCUT2D eigenvalue weighted by atomic mass is 32.2. The van der Waals surface area contributed by atoms with Crippen molar-refractivity contribution >= 4 is 21.4 Å². The highest BCUT2D eigenvalue weighted by Crippen LogP contribution is 2.36. The number of nitrogens with one attached hydrogen (secondary N) is 1. The lowest BCUT2D eigenvalue weighted by Crippen LogP contribution is -2.43. The number of benzene rings is 3. The van der Waals surface area contributed by atoms with Gasteiger partial charge in [0.15, 0.2) is 9.84 Å². The molecule has 12 heteroatoms. The number of ether oxygens (including phenoxy) is 1. The number of nitrogens with zero attached hydrogens (tertiary/aromatic N) is 1. The highest BCUT2D eigenvalue weighted by molar-refractivity contribution is 7.91. The van der Waals surface area contributed by atoms with Crippen LogP contribution < -0.4 is 10.2 Å². The van der Waals surface area contributed by atoms with Crippen molar-refractivity contribution in [3.8, 4) is 0 Å². The van der Waals surface area contributed by atoms with E-state index in [9.17, 15) is 35.2 Å². The Kier molecular flexibility index (Phi) is 10.4. The van der Waals surface area contributed by atoms with E-state index in [-0.39, 0.29) is 41.7 Å². The molecule has 1 saturated heterocycles. The SMILES string of the molecule is CCS(=O)(=O)c1ccc(CNC(=O)c2ccc(N3CC(c4ccc(C(F)(F)F)cc4)CC[C@H]3CCOC(F)F)cc2)cc1. The first-order valence-electron chi connectivity index (χ1n) is 13.9. The van der Waals surface area contributed by atoms with Gasteiger partial charge in [-0.3, -0.25) is 4.79 Å². The molecule has 1 unspecified atom stereocenters. The van der Waals surface area contributed by atoms with E-state index >= 15 is 0 Å². The van der Waals surface area contributed by atoms with Crippen LogP contribution >= 0.6 is 0 Å². The second-order valence-corrected chi connectivity index (χ2v) is 12.7. The lowest BCUT2D eigenvalue weighted by Gasteiger charge is -2.42. The van der Waals surface area contributed by atoms with Gasteiger partial charge in [-0.1, -0.05) is 31.2 Å². The number of alkyl halides is 5. The first-order valence-corrected chi connectivity index (χ1v) is 15.6. The van der Waals surface area contributed by atoms with E-state index in [1.807, 2.05) is 4.90 Å². The van der Waals surface area contributed by atoms with Gasteiger partial charge in [-0.25, -0.2) is 8.42 Å². The second-order valence-electron chi connectivity index (χ2n) is 10.4. The Balaban J connectivity index is 1.44. The summed E-state index contributed by atoms with van der Waals surface area (Å²) in [5.74, 6) is -0.410. The zero-order chi connectivity index (χ0) is 31.2. The van der Waals surface area contributed by atoms with Crippen molar-refractivity contribution in [2.24, 2.45) is 0 Å². The molecule has 1 amide bonds. The summed E-state index contributed by atoms with van der Waals surface area (Å²) in [6, 6.07) is 18.1. The standard InChI is InChI=1S/C31H33F5N2O4S/c1-2-43(40,41)28-15-3-21(4-16-28)19-37-29(39)23-7-12-26(13-8-23)38-20-24(9-14-27(38)17-18-42-30(32)33)22-5-10-25(11-6-22)31(34,35)36/h3-8,10-13,15-16,24,27,30H,2,9,14,17-20H2,1H3,(H,37,39)/t24?,27-/m0/s1. The molecule has 3 aromatic rings. The molecule has 1 heterocycles. The van der Waals surface area contributed by atoms with Gasteiger partial charge in [0.1, 0.15) is 0 Å². The average Bonchev–Trinajstić information content (AvgIpc) is 3.00. The smallest absolute Gasteiger partial charge is 0.368 e. The maximum absolute atomic E-state index is 13.0. The molecule has 1 fully saturated rings. The minimum absolute atomic E-state index is 0.00352. The predicted molar refractivity (Wildman–Crippen MR) is 153 cm³/mol. The molecule has 0 aliphatic carbocycles. The van der Waals surface area contributed by atoms with Crippen LogP contribution in [0.5, 0.6) is 0 Å². The summed E-state index contributed by atoms with van der Waals surface area (Å²) >= 11 is 0. The van der Waals surface area contributed by atoms with Gasteiger partial charge in [0.05, 0.1) is 22.8 Å². The van der Waals surface area contributed by atoms with E-state index < -0.39 is 28.2 Å². The first kappa shape index (κ1) is 32.4. The Hall–Kier alpha value is -3.51. The molecule has 232 valence electrons. The van der Waals surface area contributed by atoms with Crippen molar-refractivity contribution in [3.63, 3.8) is 0 Å². The number of anilines is 1. The summed E-state index contributed by atoms with van der Waals surface area (Å²) in [5, 5.41) is 2.81. The number of hydrogen-bond donors (Lipinski definition) is 1. The lowest BCUT2D eigenvalue weighted by molar-refractivity contribution is -0.137. The molecule has 43 heavy (non-hydrogen) atoms. The third-order valence-corrected chi connectivity index (χ3v) is 9.44. The Morgan fingerprint density at radius 1 is 0.977 bits per heavy atom. The minimum atomic E-state index is -4.43. The average molecular weight is 625 g/mol. The van der Waals surface area contributed by atoms with E-state index in [1.54, 1.807) is 43.3 Å². The van der Waals surface area contributed by atoms with Crippen LogP contribution in [0.3, 0.4) is 0 Å². The zero-order valence-corrected chi connectivity index (χ0v) is 24.3. The van der Waals surface area contributed by atoms with Crippen LogP contribution in [0, 0.1) is 0 Å². The van der Waals surface area contributed by atoms with Crippen molar-refractivity contribution in [2.75, 3.05) is 23.8 Å². The van der Waals surface area contributed by atoms with Crippen molar-refractivity contribution in [3.05, 3.63) is 95.1 Å². The van der Waals surface area contributed by atoms with Crippen molar-refractivity contribution in [1.29, 1.82) is 0 Å². The molecule has 0 aromatic heterocycles. The summed E-state index contributed by atoms with van der Waals surface area (Å²) in [7, 11) is -3.32. The molecule has 2 atom stereocenters. The molecule has 4 rings (SSSR count). The molecule has 6 nitrogen and oxygen atoms in total. The fourth-order valence-corrected chi connectivity index (χ4v) is 6.11. The lowest BCUT2D eigenvalue weighted by atomic mass is 9.85.